The van der Waals surface area contributed by atoms with Crippen molar-refractivity contribution in [1.82, 2.24) is 9.88 Å². The van der Waals surface area contributed by atoms with Crippen molar-refractivity contribution >= 4 is 11.6 Å². The molecule has 0 bridgehead atoms. The zero-order valence-electron chi connectivity index (χ0n) is 13.3. The first-order valence-electron chi connectivity index (χ1n) is 8.25. The number of nitrogens with zero attached hydrogens (tertiary/aromatic N) is 3. The van der Waals surface area contributed by atoms with Crippen LogP contribution in [-0.4, -0.2) is 42.0 Å². The lowest BCUT2D eigenvalue weighted by Gasteiger charge is -2.27. The minimum Gasteiger partial charge on any atom is -0.370 e. The van der Waals surface area contributed by atoms with Gasteiger partial charge in [-0.05, 0) is 38.2 Å². The van der Waals surface area contributed by atoms with E-state index in [1.54, 1.807) is 6.20 Å². The highest BCUT2D eigenvalue weighted by Gasteiger charge is 2.19. The number of anilines is 1. The largest absolute Gasteiger partial charge is 0.370 e. The quantitative estimate of drug-likeness (QED) is 0.806. The van der Waals surface area contributed by atoms with Gasteiger partial charge in [-0.25, -0.2) is 0 Å². The van der Waals surface area contributed by atoms with Crippen LogP contribution in [0.5, 0.6) is 0 Å². The van der Waals surface area contributed by atoms with E-state index in [2.05, 4.69) is 23.7 Å². The van der Waals surface area contributed by atoms with Gasteiger partial charge in [0.2, 0.25) is 0 Å². The molecule has 2 heterocycles. The van der Waals surface area contributed by atoms with Crippen molar-refractivity contribution in [2.45, 2.75) is 46.0 Å². The van der Waals surface area contributed by atoms with Gasteiger partial charge in [0.05, 0.1) is 17.4 Å². The molecule has 1 aromatic heterocycles. The van der Waals surface area contributed by atoms with Crippen LogP contribution in [0.1, 0.15) is 56.3 Å². The Kier molecular flexibility index (Phi) is 6.03. The van der Waals surface area contributed by atoms with Crippen LogP contribution in [0.2, 0.25) is 0 Å². The maximum atomic E-state index is 12.6. The molecule has 116 valence electrons. The molecule has 2 rings (SSSR count). The summed E-state index contributed by atoms with van der Waals surface area (Å²) in [6.45, 7) is 8.15. The fraction of sp³-hybridized carbons (Fsp3) is 0.647. The second kappa shape index (κ2) is 8.01. The lowest BCUT2D eigenvalue weighted by Crippen LogP contribution is -2.35. The van der Waals surface area contributed by atoms with Crippen LogP contribution in [0.25, 0.3) is 0 Å². The van der Waals surface area contributed by atoms with Gasteiger partial charge < -0.3 is 9.80 Å². The summed E-state index contributed by atoms with van der Waals surface area (Å²) >= 11 is 0. The van der Waals surface area contributed by atoms with Crippen LogP contribution in [0.3, 0.4) is 0 Å². The fourth-order valence-corrected chi connectivity index (χ4v) is 2.91. The summed E-state index contributed by atoms with van der Waals surface area (Å²) < 4.78 is 0. The average molecular weight is 289 g/mol. The third kappa shape index (κ3) is 4.19. The molecule has 21 heavy (non-hydrogen) atoms. The van der Waals surface area contributed by atoms with Crippen molar-refractivity contribution in [1.29, 1.82) is 0 Å². The summed E-state index contributed by atoms with van der Waals surface area (Å²) in [5, 5.41) is 0. The van der Waals surface area contributed by atoms with E-state index in [9.17, 15) is 4.79 Å². The molecule has 0 radical (unpaired) electrons. The van der Waals surface area contributed by atoms with E-state index in [-0.39, 0.29) is 5.91 Å². The molecular weight excluding hydrogens is 262 g/mol. The van der Waals surface area contributed by atoms with Crippen LogP contribution >= 0.6 is 0 Å². The van der Waals surface area contributed by atoms with Gasteiger partial charge in [-0.15, -0.1) is 0 Å². The standard InChI is InChI=1S/C17H27N3O/c1-3-8-19(9-4-2)16-12-15(13-18-14-16)17(21)20-10-6-5-7-11-20/h12-14H,3-11H2,1-2H3. The number of rotatable bonds is 6. The van der Waals surface area contributed by atoms with Crippen molar-refractivity contribution in [2.24, 2.45) is 0 Å². The number of carbonyl (C=O) groups is 1. The number of carbonyl (C=O) groups excluding carboxylic acids is 1. The van der Waals surface area contributed by atoms with Crippen molar-refractivity contribution < 1.29 is 4.79 Å². The van der Waals surface area contributed by atoms with E-state index in [1.807, 2.05) is 17.2 Å². The number of pyridine rings is 1. The van der Waals surface area contributed by atoms with Crippen molar-refractivity contribution in [3.05, 3.63) is 24.0 Å². The summed E-state index contributed by atoms with van der Waals surface area (Å²) in [5.41, 5.74) is 1.80. The molecule has 0 aromatic carbocycles. The molecule has 0 N–H and O–H groups in total. The first-order valence-corrected chi connectivity index (χ1v) is 8.25. The zero-order valence-corrected chi connectivity index (χ0v) is 13.3. The molecule has 4 nitrogen and oxygen atoms in total. The number of likely N-dealkylation sites (tertiary alicyclic amines) is 1. The highest BCUT2D eigenvalue weighted by atomic mass is 16.2. The molecule has 1 aromatic rings. The molecular formula is C17H27N3O. The molecule has 0 spiro atoms. The zero-order chi connectivity index (χ0) is 15.1. The minimum atomic E-state index is 0.136. The van der Waals surface area contributed by atoms with Crippen molar-refractivity contribution in [3.8, 4) is 0 Å². The SMILES string of the molecule is CCCN(CCC)c1cncc(C(=O)N2CCCCC2)c1. The maximum Gasteiger partial charge on any atom is 0.255 e. The summed E-state index contributed by atoms with van der Waals surface area (Å²) in [6, 6.07) is 2.01. The van der Waals surface area contributed by atoms with E-state index < -0.39 is 0 Å². The van der Waals surface area contributed by atoms with Crippen LogP contribution in [0.4, 0.5) is 5.69 Å². The highest BCUT2D eigenvalue weighted by molar-refractivity contribution is 5.94. The average Bonchev–Trinajstić information content (AvgIpc) is 2.55. The van der Waals surface area contributed by atoms with Gasteiger partial charge in [-0.1, -0.05) is 13.8 Å². The van der Waals surface area contributed by atoms with Gasteiger partial charge >= 0.3 is 0 Å². The number of piperidine rings is 1. The Morgan fingerprint density at radius 3 is 2.43 bits per heavy atom. The Morgan fingerprint density at radius 2 is 1.81 bits per heavy atom. The van der Waals surface area contributed by atoms with Gasteiger partial charge in [0.25, 0.3) is 5.91 Å². The molecule has 1 aliphatic rings. The van der Waals surface area contributed by atoms with Gasteiger partial charge in [-0.2, -0.15) is 0 Å². The van der Waals surface area contributed by atoms with E-state index in [0.717, 1.165) is 63.1 Å². The molecule has 1 amide bonds. The maximum absolute atomic E-state index is 12.6. The van der Waals surface area contributed by atoms with E-state index in [4.69, 9.17) is 0 Å². The number of amides is 1. The molecule has 1 fully saturated rings. The van der Waals surface area contributed by atoms with Crippen LogP contribution in [-0.2, 0) is 0 Å². The number of hydrogen-bond donors (Lipinski definition) is 0. The lowest BCUT2D eigenvalue weighted by atomic mass is 10.1. The van der Waals surface area contributed by atoms with E-state index >= 15 is 0 Å². The van der Waals surface area contributed by atoms with E-state index in [0.29, 0.717) is 0 Å². The normalized spacial score (nSPS) is 15.0. The molecule has 0 aliphatic carbocycles. The Morgan fingerprint density at radius 1 is 1.14 bits per heavy atom. The van der Waals surface area contributed by atoms with Gasteiger partial charge in [-0.3, -0.25) is 9.78 Å². The Balaban J connectivity index is 2.13. The monoisotopic (exact) mass is 289 g/mol. The highest BCUT2D eigenvalue weighted by Crippen LogP contribution is 2.18. The Bertz CT molecular complexity index is 449. The molecule has 0 atom stereocenters. The third-order valence-electron chi connectivity index (χ3n) is 3.97. The molecule has 1 saturated heterocycles. The second-order valence-electron chi connectivity index (χ2n) is 5.77. The molecule has 0 unspecified atom stereocenters. The Hall–Kier alpha value is -1.58. The van der Waals surface area contributed by atoms with Crippen LogP contribution in [0, 0.1) is 0 Å². The van der Waals surface area contributed by atoms with Gasteiger partial charge in [0.1, 0.15) is 0 Å². The summed E-state index contributed by atoms with van der Waals surface area (Å²) in [5.74, 6) is 0.136. The lowest BCUT2D eigenvalue weighted by molar-refractivity contribution is 0.0724. The predicted octanol–water partition coefficient (Wildman–Crippen LogP) is 3.33. The second-order valence-corrected chi connectivity index (χ2v) is 5.77. The topological polar surface area (TPSA) is 36.4 Å². The summed E-state index contributed by atoms with van der Waals surface area (Å²) in [4.78, 5) is 21.1. The summed E-state index contributed by atoms with van der Waals surface area (Å²) in [7, 11) is 0. The first kappa shape index (κ1) is 15.8. The minimum absolute atomic E-state index is 0.136. The van der Waals surface area contributed by atoms with Crippen molar-refractivity contribution in [2.75, 3.05) is 31.1 Å². The molecule has 4 heteroatoms. The van der Waals surface area contributed by atoms with Crippen LogP contribution in [0.15, 0.2) is 18.5 Å². The fourth-order valence-electron chi connectivity index (χ4n) is 2.91. The smallest absolute Gasteiger partial charge is 0.255 e. The number of hydrogen-bond acceptors (Lipinski definition) is 3. The third-order valence-corrected chi connectivity index (χ3v) is 3.97. The Labute approximate surface area is 128 Å². The molecule has 1 aliphatic heterocycles. The van der Waals surface area contributed by atoms with Crippen LogP contribution < -0.4 is 4.90 Å². The predicted molar refractivity (Wildman–Crippen MR) is 86.8 cm³/mol. The van der Waals surface area contributed by atoms with E-state index in [1.165, 1.54) is 6.42 Å². The summed E-state index contributed by atoms with van der Waals surface area (Å²) in [6.07, 6.45) is 9.26. The van der Waals surface area contributed by atoms with Gasteiger partial charge in [0, 0.05) is 32.4 Å². The number of aromatic nitrogens is 1. The molecule has 0 saturated carbocycles. The van der Waals surface area contributed by atoms with Gasteiger partial charge in [0.15, 0.2) is 0 Å². The first-order chi connectivity index (χ1) is 10.3. The van der Waals surface area contributed by atoms with Crippen molar-refractivity contribution in [3.63, 3.8) is 0 Å².